The van der Waals surface area contributed by atoms with Gasteiger partial charge in [0, 0.05) is 60.9 Å². The standard InChI is InChI=1S/C67H55Br2N3/c1-42-32-64(44-15-13-17-52(68)36-44)71-41-60(42)59-24-12-11-22-57(59)50-34-48(33-49(35-50)56-21-9-10-23-58(56)51-31-43(2)65(72-40-51)46-16-14-18-53(69)37-46)55-20-8-7-19-54(55)47-26-28-63(70-39-47)45-25-27-61-62(38-45)67(5,6)30-29-66(61,3)4/h7-28,31-41H,29-30H2,1-6H3. The van der Waals surface area contributed by atoms with E-state index in [1.807, 2.05) is 24.5 Å². The van der Waals surface area contributed by atoms with E-state index < -0.39 is 0 Å². The van der Waals surface area contributed by atoms with Crippen LogP contribution in [0, 0.1) is 13.8 Å². The van der Waals surface area contributed by atoms with Crippen LogP contribution in [-0.4, -0.2) is 15.0 Å². The van der Waals surface area contributed by atoms with Crippen molar-refractivity contribution in [1.82, 2.24) is 15.0 Å². The van der Waals surface area contributed by atoms with Crippen LogP contribution >= 0.6 is 31.9 Å². The first-order valence-electron chi connectivity index (χ1n) is 24.8. The Balaban J connectivity index is 1.04. The van der Waals surface area contributed by atoms with E-state index in [1.54, 1.807) is 0 Å². The van der Waals surface area contributed by atoms with E-state index >= 15 is 0 Å². The molecular formula is C67H55Br2N3. The van der Waals surface area contributed by atoms with Crippen LogP contribution in [0.2, 0.25) is 0 Å². The maximum atomic E-state index is 5.17. The molecule has 3 heterocycles. The van der Waals surface area contributed by atoms with E-state index in [-0.39, 0.29) is 10.8 Å². The number of nitrogens with zero attached hydrogens (tertiary/aromatic N) is 3. The van der Waals surface area contributed by atoms with E-state index in [4.69, 9.17) is 15.0 Å². The average molecular weight is 1060 g/mol. The zero-order valence-electron chi connectivity index (χ0n) is 41.6. The van der Waals surface area contributed by atoms with Gasteiger partial charge in [-0.25, -0.2) is 0 Å². The third kappa shape index (κ3) is 9.21. The second-order valence-corrected chi connectivity index (χ2v) is 22.5. The molecule has 72 heavy (non-hydrogen) atoms. The monoisotopic (exact) mass is 1060 g/mol. The van der Waals surface area contributed by atoms with Crippen molar-refractivity contribution in [2.45, 2.75) is 65.2 Å². The normalized spacial score (nSPS) is 13.7. The maximum absolute atomic E-state index is 5.17. The molecule has 0 amide bonds. The van der Waals surface area contributed by atoms with Crippen molar-refractivity contribution >= 4 is 31.9 Å². The lowest BCUT2D eigenvalue weighted by molar-refractivity contribution is 0.332. The Morgan fingerprint density at radius 3 is 1.39 bits per heavy atom. The smallest absolute Gasteiger partial charge is 0.0731 e. The van der Waals surface area contributed by atoms with Crippen LogP contribution in [0.15, 0.2) is 210 Å². The minimum Gasteiger partial charge on any atom is -0.256 e. The van der Waals surface area contributed by atoms with Gasteiger partial charge < -0.3 is 0 Å². The number of hydrogen-bond donors (Lipinski definition) is 0. The fraction of sp³-hybridized carbons (Fsp3) is 0.149. The fourth-order valence-corrected chi connectivity index (χ4v) is 11.6. The van der Waals surface area contributed by atoms with Crippen molar-refractivity contribution in [1.29, 1.82) is 0 Å². The Morgan fingerprint density at radius 1 is 0.333 bits per heavy atom. The molecule has 352 valence electrons. The quantitative estimate of drug-likeness (QED) is 0.145. The highest BCUT2D eigenvalue weighted by atomic mass is 79.9. The SMILES string of the molecule is Cc1cc(-c2cccc(Br)c2)ncc1-c1ccccc1-c1cc(-c2ccccc2-c2ccc(-c3ccc4c(c3)C(C)(C)CCC4(C)C)nc2)cc(-c2ccccc2-c2cnc(-c3cccc(Br)c3)c(C)c2)c1. The predicted octanol–water partition coefficient (Wildman–Crippen LogP) is 19.4. The lowest BCUT2D eigenvalue weighted by Gasteiger charge is -2.42. The first-order valence-corrected chi connectivity index (χ1v) is 26.4. The maximum Gasteiger partial charge on any atom is 0.0731 e. The van der Waals surface area contributed by atoms with Crippen molar-refractivity contribution in [2.24, 2.45) is 0 Å². The molecule has 0 saturated heterocycles. The van der Waals surface area contributed by atoms with Gasteiger partial charge in [0.05, 0.1) is 17.1 Å². The molecule has 7 aromatic carbocycles. The minimum atomic E-state index is 0.120. The molecule has 0 spiro atoms. The van der Waals surface area contributed by atoms with Crippen molar-refractivity contribution in [3.05, 3.63) is 232 Å². The van der Waals surface area contributed by atoms with Gasteiger partial charge in [0.15, 0.2) is 0 Å². The summed E-state index contributed by atoms with van der Waals surface area (Å²) in [7, 11) is 0. The fourth-order valence-electron chi connectivity index (χ4n) is 10.8. The summed E-state index contributed by atoms with van der Waals surface area (Å²) in [5, 5.41) is 0. The van der Waals surface area contributed by atoms with Gasteiger partial charge >= 0.3 is 0 Å². The molecule has 0 fully saturated rings. The van der Waals surface area contributed by atoms with Crippen molar-refractivity contribution in [3.8, 4) is 101 Å². The number of hydrogen-bond acceptors (Lipinski definition) is 3. The highest BCUT2D eigenvalue weighted by Gasteiger charge is 2.37. The van der Waals surface area contributed by atoms with Gasteiger partial charge in [-0.15, -0.1) is 0 Å². The second kappa shape index (κ2) is 19.2. The Kier molecular flexibility index (Phi) is 12.6. The molecule has 10 aromatic rings. The lowest BCUT2D eigenvalue weighted by atomic mass is 9.63. The van der Waals surface area contributed by atoms with Crippen molar-refractivity contribution < 1.29 is 0 Å². The van der Waals surface area contributed by atoms with E-state index in [0.717, 1.165) is 121 Å². The topological polar surface area (TPSA) is 38.7 Å². The van der Waals surface area contributed by atoms with Gasteiger partial charge in [0.2, 0.25) is 0 Å². The first kappa shape index (κ1) is 47.3. The Morgan fingerprint density at radius 2 is 0.819 bits per heavy atom. The van der Waals surface area contributed by atoms with Crippen molar-refractivity contribution in [2.75, 3.05) is 0 Å². The highest BCUT2D eigenvalue weighted by Crippen LogP contribution is 2.48. The highest BCUT2D eigenvalue weighted by molar-refractivity contribution is 9.10. The minimum absolute atomic E-state index is 0.120. The van der Waals surface area contributed by atoms with Crippen LogP contribution < -0.4 is 0 Å². The Labute approximate surface area is 441 Å². The molecule has 5 heteroatoms. The molecule has 3 nitrogen and oxygen atoms in total. The van der Waals surface area contributed by atoms with Crippen LogP contribution in [0.4, 0.5) is 0 Å². The summed E-state index contributed by atoms with van der Waals surface area (Å²) < 4.78 is 2.06. The molecule has 3 aromatic heterocycles. The Bertz CT molecular complexity index is 3700. The summed E-state index contributed by atoms with van der Waals surface area (Å²) in [5.41, 5.74) is 25.0. The second-order valence-electron chi connectivity index (χ2n) is 20.7. The zero-order valence-corrected chi connectivity index (χ0v) is 44.7. The molecule has 0 radical (unpaired) electrons. The molecule has 0 unspecified atom stereocenters. The number of rotatable bonds is 9. The van der Waals surface area contributed by atoms with Gasteiger partial charge in [-0.05, 0) is 177 Å². The zero-order chi connectivity index (χ0) is 49.7. The van der Waals surface area contributed by atoms with Crippen LogP contribution in [0.25, 0.3) is 101 Å². The summed E-state index contributed by atoms with van der Waals surface area (Å²) in [6.45, 7) is 13.9. The molecule has 0 atom stereocenters. The number of aryl methyl sites for hydroxylation is 2. The average Bonchev–Trinajstić information content (AvgIpc) is 3.40. The number of pyridine rings is 3. The molecule has 1 aliphatic rings. The largest absolute Gasteiger partial charge is 0.256 e. The molecule has 1 aliphatic carbocycles. The van der Waals surface area contributed by atoms with Crippen LogP contribution in [0.1, 0.15) is 62.8 Å². The molecule has 0 aliphatic heterocycles. The molecule has 0 bridgehead atoms. The summed E-state index contributed by atoms with van der Waals surface area (Å²) in [5.74, 6) is 0. The van der Waals surface area contributed by atoms with Gasteiger partial charge in [-0.1, -0.05) is 175 Å². The van der Waals surface area contributed by atoms with E-state index in [0.29, 0.717) is 0 Å². The Hall–Kier alpha value is -7.05. The van der Waals surface area contributed by atoms with Gasteiger partial charge in [-0.2, -0.15) is 0 Å². The molecular weight excluding hydrogens is 1010 g/mol. The van der Waals surface area contributed by atoms with Crippen LogP contribution in [0.3, 0.4) is 0 Å². The van der Waals surface area contributed by atoms with E-state index in [1.165, 1.54) is 24.0 Å². The van der Waals surface area contributed by atoms with E-state index in [2.05, 4.69) is 249 Å². The van der Waals surface area contributed by atoms with E-state index in [9.17, 15) is 0 Å². The summed E-state index contributed by atoms with van der Waals surface area (Å²) in [6, 6.07) is 65.9. The summed E-state index contributed by atoms with van der Waals surface area (Å²) in [6.07, 6.45) is 8.48. The van der Waals surface area contributed by atoms with Gasteiger partial charge in [0.25, 0.3) is 0 Å². The van der Waals surface area contributed by atoms with Gasteiger partial charge in [0.1, 0.15) is 0 Å². The number of benzene rings is 7. The predicted molar refractivity (Wildman–Crippen MR) is 309 cm³/mol. The lowest BCUT2D eigenvalue weighted by Crippen LogP contribution is -2.33. The third-order valence-electron chi connectivity index (χ3n) is 14.9. The first-order chi connectivity index (χ1) is 34.8. The van der Waals surface area contributed by atoms with Crippen LogP contribution in [0.5, 0.6) is 0 Å². The summed E-state index contributed by atoms with van der Waals surface area (Å²) in [4.78, 5) is 15.3. The number of halogens is 2. The summed E-state index contributed by atoms with van der Waals surface area (Å²) >= 11 is 7.31. The number of aromatic nitrogens is 3. The number of fused-ring (bicyclic) bond motifs is 1. The molecule has 0 N–H and O–H groups in total. The van der Waals surface area contributed by atoms with Crippen LogP contribution in [-0.2, 0) is 10.8 Å². The molecule has 11 rings (SSSR count). The molecule has 0 saturated carbocycles. The van der Waals surface area contributed by atoms with Crippen molar-refractivity contribution in [3.63, 3.8) is 0 Å². The third-order valence-corrected chi connectivity index (χ3v) is 15.9. The van der Waals surface area contributed by atoms with Gasteiger partial charge in [-0.3, -0.25) is 15.0 Å².